The molecule has 38 heavy (non-hydrogen) atoms. The standard InChI is InChI=1S/C28H32N4O6/c33-24-14-13-23(27(36)30-24)32-17-21-15-20(11-12-22(21)28(32)37)26(35)29-16-19-9-7-18(8-10-19)5-3-1-2-4-6-25(34)31-38/h7-12,15,23,38H,1-6,13-14,16-17H2,(H,29,35)(H,31,34)(H,30,33,36). The Bertz CT molecular complexity index is 1230. The number of imide groups is 1. The number of nitrogens with one attached hydrogen (secondary N) is 3. The van der Waals surface area contributed by atoms with Gasteiger partial charge in [0.2, 0.25) is 17.7 Å². The average Bonchev–Trinajstić information content (AvgIpc) is 3.24. The first-order chi connectivity index (χ1) is 18.4. The lowest BCUT2D eigenvalue weighted by molar-refractivity contribution is -0.137. The SMILES string of the molecule is O=C(CCCCCCc1ccc(CNC(=O)c2ccc3c(c2)CN(C2CCC(=O)NC2=O)C3=O)cc1)NO. The van der Waals surface area contributed by atoms with Crippen LogP contribution in [0.15, 0.2) is 42.5 Å². The number of rotatable bonds is 11. The van der Waals surface area contributed by atoms with E-state index in [1.165, 1.54) is 10.5 Å². The van der Waals surface area contributed by atoms with Crippen molar-refractivity contribution in [1.82, 2.24) is 21.0 Å². The van der Waals surface area contributed by atoms with E-state index in [2.05, 4.69) is 10.6 Å². The van der Waals surface area contributed by atoms with Crippen LogP contribution in [0.1, 0.15) is 82.4 Å². The molecule has 0 saturated carbocycles. The molecule has 0 aliphatic carbocycles. The molecule has 2 aliphatic rings. The van der Waals surface area contributed by atoms with Crippen LogP contribution >= 0.6 is 0 Å². The van der Waals surface area contributed by atoms with E-state index < -0.39 is 11.9 Å². The number of nitrogens with zero attached hydrogens (tertiary/aromatic N) is 1. The fraction of sp³-hybridized carbons (Fsp3) is 0.393. The van der Waals surface area contributed by atoms with Gasteiger partial charge in [-0.2, -0.15) is 0 Å². The first-order valence-electron chi connectivity index (χ1n) is 12.9. The predicted octanol–water partition coefficient (Wildman–Crippen LogP) is 2.38. The summed E-state index contributed by atoms with van der Waals surface area (Å²) < 4.78 is 0. The van der Waals surface area contributed by atoms with E-state index in [1.807, 2.05) is 24.3 Å². The fourth-order valence-corrected chi connectivity index (χ4v) is 4.85. The quantitative estimate of drug-likeness (QED) is 0.155. The molecule has 2 heterocycles. The number of carbonyl (C=O) groups is 5. The van der Waals surface area contributed by atoms with E-state index in [9.17, 15) is 24.0 Å². The molecule has 0 radical (unpaired) electrons. The van der Waals surface area contributed by atoms with E-state index in [0.717, 1.165) is 37.7 Å². The summed E-state index contributed by atoms with van der Waals surface area (Å²) in [6.45, 7) is 0.589. The van der Waals surface area contributed by atoms with Crippen molar-refractivity contribution < 1.29 is 29.2 Å². The van der Waals surface area contributed by atoms with Crippen molar-refractivity contribution in [1.29, 1.82) is 0 Å². The van der Waals surface area contributed by atoms with Crippen LogP contribution in [0.25, 0.3) is 0 Å². The monoisotopic (exact) mass is 520 g/mol. The van der Waals surface area contributed by atoms with Crippen LogP contribution in [0.3, 0.4) is 0 Å². The van der Waals surface area contributed by atoms with Gasteiger partial charge in [0.25, 0.3) is 11.8 Å². The summed E-state index contributed by atoms with van der Waals surface area (Å²) in [5.41, 5.74) is 5.41. The van der Waals surface area contributed by atoms with Gasteiger partial charge in [-0.1, -0.05) is 37.1 Å². The van der Waals surface area contributed by atoms with E-state index >= 15 is 0 Å². The number of unbranched alkanes of at least 4 members (excludes halogenated alkanes) is 3. The van der Waals surface area contributed by atoms with Gasteiger partial charge in [-0.25, -0.2) is 5.48 Å². The number of hydrogen-bond acceptors (Lipinski definition) is 6. The third kappa shape index (κ3) is 6.63. The highest BCUT2D eigenvalue weighted by Gasteiger charge is 2.39. The number of hydrogen-bond donors (Lipinski definition) is 4. The molecular weight excluding hydrogens is 488 g/mol. The summed E-state index contributed by atoms with van der Waals surface area (Å²) >= 11 is 0. The van der Waals surface area contributed by atoms with Crippen LogP contribution < -0.4 is 16.1 Å². The zero-order valence-corrected chi connectivity index (χ0v) is 21.1. The molecule has 10 nitrogen and oxygen atoms in total. The highest BCUT2D eigenvalue weighted by molar-refractivity contribution is 6.06. The third-order valence-corrected chi connectivity index (χ3v) is 7.01. The van der Waals surface area contributed by atoms with E-state index in [1.54, 1.807) is 23.7 Å². The average molecular weight is 521 g/mol. The largest absolute Gasteiger partial charge is 0.348 e. The zero-order chi connectivity index (χ0) is 27.1. The van der Waals surface area contributed by atoms with E-state index in [4.69, 9.17) is 5.21 Å². The van der Waals surface area contributed by atoms with Gasteiger partial charge in [-0.05, 0) is 60.6 Å². The lowest BCUT2D eigenvalue weighted by Gasteiger charge is -2.29. The second-order valence-electron chi connectivity index (χ2n) is 9.72. The Kier molecular flexibility index (Phi) is 8.85. The molecule has 4 rings (SSSR count). The number of aryl methyl sites for hydroxylation is 1. The van der Waals surface area contributed by atoms with Crippen LogP contribution in [0, 0.1) is 0 Å². The molecule has 1 saturated heterocycles. The Balaban J connectivity index is 1.24. The molecule has 10 heteroatoms. The summed E-state index contributed by atoms with van der Waals surface area (Å²) in [4.78, 5) is 61.7. The van der Waals surface area contributed by atoms with Crippen molar-refractivity contribution >= 4 is 29.5 Å². The molecule has 0 bridgehead atoms. The molecule has 200 valence electrons. The van der Waals surface area contributed by atoms with Crippen LogP contribution in [0.4, 0.5) is 0 Å². The summed E-state index contributed by atoms with van der Waals surface area (Å²) in [6.07, 6.45) is 5.46. The van der Waals surface area contributed by atoms with Gasteiger partial charge in [0.05, 0.1) is 0 Å². The van der Waals surface area contributed by atoms with Crippen LogP contribution in [0.2, 0.25) is 0 Å². The lowest BCUT2D eigenvalue weighted by Crippen LogP contribution is -2.52. The molecule has 5 amide bonds. The number of benzene rings is 2. The van der Waals surface area contributed by atoms with Crippen LogP contribution in [0.5, 0.6) is 0 Å². The number of fused-ring (bicyclic) bond motifs is 1. The van der Waals surface area contributed by atoms with Crippen LogP contribution in [-0.4, -0.2) is 45.7 Å². The fourth-order valence-electron chi connectivity index (χ4n) is 4.85. The van der Waals surface area contributed by atoms with Crippen molar-refractivity contribution in [2.24, 2.45) is 0 Å². The molecule has 2 aliphatic heterocycles. The van der Waals surface area contributed by atoms with Crippen molar-refractivity contribution in [3.63, 3.8) is 0 Å². The van der Waals surface area contributed by atoms with Crippen molar-refractivity contribution in [2.75, 3.05) is 0 Å². The number of amides is 5. The van der Waals surface area contributed by atoms with E-state index in [-0.39, 0.29) is 36.6 Å². The van der Waals surface area contributed by atoms with Crippen molar-refractivity contribution in [3.05, 3.63) is 70.3 Å². The van der Waals surface area contributed by atoms with Crippen LogP contribution in [-0.2, 0) is 33.9 Å². The summed E-state index contributed by atoms with van der Waals surface area (Å²) in [6, 6.07) is 12.3. The highest BCUT2D eigenvalue weighted by Crippen LogP contribution is 2.28. The number of hydroxylamine groups is 1. The minimum Gasteiger partial charge on any atom is -0.348 e. The smallest absolute Gasteiger partial charge is 0.255 e. The maximum absolute atomic E-state index is 12.8. The minimum absolute atomic E-state index is 0.193. The lowest BCUT2D eigenvalue weighted by atomic mass is 10.0. The number of carbonyl (C=O) groups excluding carboxylic acids is 5. The summed E-state index contributed by atoms with van der Waals surface area (Å²) in [7, 11) is 0. The van der Waals surface area contributed by atoms with Gasteiger partial charge < -0.3 is 10.2 Å². The predicted molar refractivity (Wildman–Crippen MR) is 137 cm³/mol. The van der Waals surface area contributed by atoms with Gasteiger partial charge in [0.15, 0.2) is 0 Å². The first-order valence-corrected chi connectivity index (χ1v) is 12.9. The molecule has 1 atom stereocenters. The Morgan fingerprint density at radius 2 is 1.71 bits per heavy atom. The zero-order valence-electron chi connectivity index (χ0n) is 21.1. The molecule has 2 aromatic rings. The first kappa shape index (κ1) is 27.0. The molecule has 1 fully saturated rings. The summed E-state index contributed by atoms with van der Waals surface area (Å²) in [5.74, 6) is -1.66. The molecular formula is C28H32N4O6. The second-order valence-corrected chi connectivity index (χ2v) is 9.72. The highest BCUT2D eigenvalue weighted by atomic mass is 16.5. The molecule has 1 unspecified atom stereocenters. The summed E-state index contributed by atoms with van der Waals surface area (Å²) in [5, 5.41) is 13.7. The third-order valence-electron chi connectivity index (χ3n) is 7.01. The van der Waals surface area contributed by atoms with Gasteiger partial charge in [-0.3, -0.25) is 34.5 Å². The van der Waals surface area contributed by atoms with Gasteiger partial charge in [0.1, 0.15) is 6.04 Å². The molecule has 0 aromatic heterocycles. The van der Waals surface area contributed by atoms with Crippen molar-refractivity contribution in [2.45, 2.75) is 70.5 Å². The number of piperidine rings is 1. The maximum atomic E-state index is 12.8. The Labute approximate surface area is 220 Å². The van der Waals surface area contributed by atoms with Crippen molar-refractivity contribution in [3.8, 4) is 0 Å². The topological polar surface area (TPSA) is 145 Å². The van der Waals surface area contributed by atoms with E-state index in [0.29, 0.717) is 36.1 Å². The van der Waals surface area contributed by atoms with Gasteiger partial charge in [0, 0.05) is 37.1 Å². The second kappa shape index (κ2) is 12.5. The molecule has 0 spiro atoms. The maximum Gasteiger partial charge on any atom is 0.255 e. The molecule has 4 N–H and O–H groups in total. The molecule has 2 aromatic carbocycles. The Hall–Kier alpha value is -4.05. The van der Waals surface area contributed by atoms with Gasteiger partial charge in [-0.15, -0.1) is 0 Å². The Morgan fingerprint density at radius 1 is 0.974 bits per heavy atom. The minimum atomic E-state index is -0.687. The normalized spacial score (nSPS) is 16.7. The Morgan fingerprint density at radius 3 is 2.45 bits per heavy atom. The van der Waals surface area contributed by atoms with Gasteiger partial charge >= 0.3 is 0 Å².